The molecule has 35 heavy (non-hydrogen) atoms. The van der Waals surface area contributed by atoms with Crippen LogP contribution in [0.25, 0.3) is 10.8 Å². The lowest BCUT2D eigenvalue weighted by Gasteiger charge is -2.14. The molecule has 0 fully saturated rings. The number of para-hydroxylation sites is 1. The normalized spacial score (nSPS) is 10.9. The van der Waals surface area contributed by atoms with E-state index in [0.717, 1.165) is 5.39 Å². The van der Waals surface area contributed by atoms with E-state index in [0.29, 0.717) is 40.6 Å². The molecule has 0 bridgehead atoms. The average Bonchev–Trinajstić information content (AvgIpc) is 2.88. The summed E-state index contributed by atoms with van der Waals surface area (Å²) in [5.41, 5.74) is 1.13. The van der Waals surface area contributed by atoms with Gasteiger partial charge in [-0.15, -0.1) is 10.2 Å². The lowest BCUT2D eigenvalue weighted by molar-refractivity contribution is 0.102. The van der Waals surface area contributed by atoms with Gasteiger partial charge in [0.25, 0.3) is 5.91 Å². The predicted octanol–water partition coefficient (Wildman–Crippen LogP) is 6.63. The summed E-state index contributed by atoms with van der Waals surface area (Å²) in [6, 6.07) is 21.2. The van der Waals surface area contributed by atoms with Gasteiger partial charge in [0, 0.05) is 11.5 Å². The van der Waals surface area contributed by atoms with E-state index >= 15 is 0 Å². The van der Waals surface area contributed by atoms with Crippen LogP contribution in [0.4, 0.5) is 17.1 Å². The highest BCUT2D eigenvalue weighted by Crippen LogP contribution is 2.41. The van der Waals surface area contributed by atoms with Crippen molar-refractivity contribution in [3.05, 3.63) is 78.4 Å². The van der Waals surface area contributed by atoms with Crippen molar-refractivity contribution in [3.8, 4) is 23.0 Å². The third-order valence-corrected chi connectivity index (χ3v) is 5.32. The SMILES string of the molecule is CCOc1ccccc1N=Nc1c(O)c(C(=O)Nc2cc(OC)ccc2OC)cc2ccccc12. The van der Waals surface area contributed by atoms with Crippen molar-refractivity contribution < 1.29 is 24.1 Å². The molecule has 8 nitrogen and oxygen atoms in total. The molecular formula is C27H25N3O5. The van der Waals surface area contributed by atoms with Gasteiger partial charge in [-0.1, -0.05) is 36.4 Å². The molecule has 0 radical (unpaired) electrons. The Kier molecular flexibility index (Phi) is 7.11. The second kappa shape index (κ2) is 10.6. The zero-order valence-electron chi connectivity index (χ0n) is 19.6. The minimum atomic E-state index is -0.536. The molecule has 4 rings (SSSR count). The van der Waals surface area contributed by atoms with E-state index in [1.54, 1.807) is 36.4 Å². The number of aromatic hydroxyl groups is 1. The third-order valence-electron chi connectivity index (χ3n) is 5.32. The maximum Gasteiger partial charge on any atom is 0.259 e. The lowest BCUT2D eigenvalue weighted by Crippen LogP contribution is -2.13. The molecule has 0 aromatic heterocycles. The maximum absolute atomic E-state index is 13.3. The molecule has 0 saturated heterocycles. The lowest BCUT2D eigenvalue weighted by atomic mass is 10.0. The van der Waals surface area contributed by atoms with Gasteiger partial charge >= 0.3 is 0 Å². The van der Waals surface area contributed by atoms with E-state index in [1.165, 1.54) is 14.2 Å². The molecule has 4 aromatic rings. The quantitative estimate of drug-likeness (QED) is 0.281. The molecule has 0 aliphatic rings. The molecule has 1 amide bonds. The van der Waals surface area contributed by atoms with Crippen molar-refractivity contribution in [1.82, 2.24) is 0 Å². The summed E-state index contributed by atoms with van der Waals surface area (Å²) in [6.45, 7) is 2.36. The van der Waals surface area contributed by atoms with Crippen molar-refractivity contribution in [3.63, 3.8) is 0 Å². The summed E-state index contributed by atoms with van der Waals surface area (Å²) in [6.07, 6.45) is 0. The molecule has 0 atom stereocenters. The number of ether oxygens (including phenoxy) is 3. The van der Waals surface area contributed by atoms with Gasteiger partial charge in [-0.25, -0.2) is 0 Å². The number of benzene rings is 4. The standard InChI is InChI=1S/C27H25N3O5/c1-4-35-24-12-8-7-11-21(24)29-30-25-19-10-6-5-9-17(19)15-20(26(25)31)27(32)28-22-16-18(33-2)13-14-23(22)34-3/h5-16,31H,4H2,1-3H3,(H,28,32). The van der Waals surface area contributed by atoms with E-state index < -0.39 is 5.91 Å². The minimum absolute atomic E-state index is 0.0422. The first-order valence-electron chi connectivity index (χ1n) is 11.0. The molecule has 2 N–H and O–H groups in total. The molecule has 0 aliphatic heterocycles. The molecule has 8 heteroatoms. The Balaban J connectivity index is 1.77. The van der Waals surface area contributed by atoms with Gasteiger partial charge in [-0.3, -0.25) is 4.79 Å². The van der Waals surface area contributed by atoms with Gasteiger partial charge in [0.15, 0.2) is 5.75 Å². The monoisotopic (exact) mass is 471 g/mol. The number of phenols is 1. The molecule has 0 spiro atoms. The van der Waals surface area contributed by atoms with Crippen LogP contribution in [0.3, 0.4) is 0 Å². The van der Waals surface area contributed by atoms with Crippen LogP contribution in [0, 0.1) is 0 Å². The Morgan fingerprint density at radius 3 is 2.46 bits per heavy atom. The van der Waals surface area contributed by atoms with Crippen LogP contribution in [-0.4, -0.2) is 31.8 Å². The zero-order valence-corrected chi connectivity index (χ0v) is 19.6. The summed E-state index contributed by atoms with van der Waals surface area (Å²) < 4.78 is 16.2. The maximum atomic E-state index is 13.3. The number of phenolic OH excluding ortho intramolecular Hbond substituents is 1. The fourth-order valence-electron chi connectivity index (χ4n) is 3.61. The van der Waals surface area contributed by atoms with Gasteiger partial charge in [0.1, 0.15) is 28.6 Å². The number of nitrogens with one attached hydrogen (secondary N) is 1. The molecular weight excluding hydrogens is 446 g/mol. The van der Waals surface area contributed by atoms with Crippen molar-refractivity contribution in [2.75, 3.05) is 26.1 Å². The average molecular weight is 472 g/mol. The Labute approximate surface area is 202 Å². The largest absolute Gasteiger partial charge is 0.505 e. The number of anilines is 1. The smallest absolute Gasteiger partial charge is 0.259 e. The van der Waals surface area contributed by atoms with Crippen molar-refractivity contribution >= 4 is 33.7 Å². The molecule has 4 aromatic carbocycles. The van der Waals surface area contributed by atoms with Crippen LogP contribution >= 0.6 is 0 Å². The van der Waals surface area contributed by atoms with Gasteiger partial charge in [-0.05, 0) is 42.6 Å². The number of methoxy groups -OCH3 is 2. The Morgan fingerprint density at radius 1 is 0.914 bits per heavy atom. The molecule has 0 unspecified atom stereocenters. The van der Waals surface area contributed by atoms with E-state index in [2.05, 4.69) is 15.5 Å². The summed E-state index contributed by atoms with van der Waals surface area (Å²) in [5.74, 6) is 0.742. The fourth-order valence-corrected chi connectivity index (χ4v) is 3.61. The van der Waals surface area contributed by atoms with Crippen LogP contribution < -0.4 is 19.5 Å². The molecule has 0 saturated carbocycles. The van der Waals surface area contributed by atoms with Gasteiger partial charge in [0.05, 0.1) is 32.1 Å². The Bertz CT molecular complexity index is 1400. The first kappa shape index (κ1) is 23.6. The van der Waals surface area contributed by atoms with Crippen LogP contribution in [0.1, 0.15) is 17.3 Å². The number of nitrogens with zero attached hydrogens (tertiary/aromatic N) is 2. The topological polar surface area (TPSA) is 102 Å². The molecule has 0 aliphatic carbocycles. The number of hydrogen-bond donors (Lipinski definition) is 2. The number of rotatable bonds is 8. The first-order chi connectivity index (χ1) is 17.0. The number of amides is 1. The summed E-state index contributed by atoms with van der Waals surface area (Å²) in [5, 5.41) is 23.9. The highest BCUT2D eigenvalue weighted by atomic mass is 16.5. The van der Waals surface area contributed by atoms with Gasteiger partial charge in [-0.2, -0.15) is 0 Å². The number of carbonyl (C=O) groups excluding carboxylic acids is 1. The molecule has 0 heterocycles. The van der Waals surface area contributed by atoms with Gasteiger partial charge < -0.3 is 24.6 Å². The summed E-state index contributed by atoms with van der Waals surface area (Å²) >= 11 is 0. The third kappa shape index (κ3) is 5.01. The van der Waals surface area contributed by atoms with Crippen molar-refractivity contribution in [2.45, 2.75) is 6.92 Å². The Morgan fingerprint density at radius 2 is 1.69 bits per heavy atom. The second-order valence-corrected chi connectivity index (χ2v) is 7.46. The summed E-state index contributed by atoms with van der Waals surface area (Å²) in [7, 11) is 3.03. The molecule has 178 valence electrons. The number of azo groups is 1. The minimum Gasteiger partial charge on any atom is -0.505 e. The van der Waals surface area contributed by atoms with Crippen LogP contribution in [0.2, 0.25) is 0 Å². The highest BCUT2D eigenvalue weighted by Gasteiger charge is 2.20. The van der Waals surface area contributed by atoms with Gasteiger partial charge in [0.2, 0.25) is 0 Å². The van der Waals surface area contributed by atoms with E-state index in [1.807, 2.05) is 43.3 Å². The number of carbonyl (C=O) groups is 1. The van der Waals surface area contributed by atoms with Crippen molar-refractivity contribution in [2.24, 2.45) is 10.2 Å². The fraction of sp³-hybridized carbons (Fsp3) is 0.148. The second-order valence-electron chi connectivity index (χ2n) is 7.46. The van der Waals surface area contributed by atoms with Crippen LogP contribution in [0.5, 0.6) is 23.0 Å². The zero-order chi connectivity index (χ0) is 24.8. The van der Waals surface area contributed by atoms with Crippen LogP contribution in [-0.2, 0) is 0 Å². The number of fused-ring (bicyclic) bond motifs is 1. The summed E-state index contributed by atoms with van der Waals surface area (Å²) in [4.78, 5) is 13.3. The first-order valence-corrected chi connectivity index (χ1v) is 11.0. The number of hydrogen-bond acceptors (Lipinski definition) is 7. The Hall–Kier alpha value is -4.59. The van der Waals surface area contributed by atoms with E-state index in [-0.39, 0.29) is 17.0 Å². The van der Waals surface area contributed by atoms with E-state index in [9.17, 15) is 9.90 Å². The van der Waals surface area contributed by atoms with Crippen LogP contribution in [0.15, 0.2) is 83.0 Å². The van der Waals surface area contributed by atoms with Crippen molar-refractivity contribution in [1.29, 1.82) is 0 Å². The van der Waals surface area contributed by atoms with E-state index in [4.69, 9.17) is 14.2 Å². The highest BCUT2D eigenvalue weighted by molar-refractivity contribution is 6.12. The predicted molar refractivity (Wildman–Crippen MR) is 135 cm³/mol.